The van der Waals surface area contributed by atoms with Crippen LogP contribution in [-0.4, -0.2) is 4.98 Å². The zero-order valence-electron chi connectivity index (χ0n) is 21.7. The second-order valence-corrected chi connectivity index (χ2v) is 4.27. The van der Waals surface area contributed by atoms with E-state index in [1.807, 2.05) is 87.4 Å². The molecule has 0 radical (unpaired) electrons. The Bertz CT molecular complexity index is 424. The van der Waals surface area contributed by atoms with E-state index in [1.165, 1.54) is 11.1 Å². The van der Waals surface area contributed by atoms with E-state index in [-0.39, 0.29) is 0 Å². The maximum Gasteiger partial charge on any atom is 0.0267 e. The first kappa shape index (κ1) is 37.6. The zero-order valence-corrected chi connectivity index (χ0v) is 21.7. The van der Waals surface area contributed by atoms with Crippen LogP contribution in [0.1, 0.15) is 86.8 Å². The van der Waals surface area contributed by atoms with Gasteiger partial charge in [-0.15, -0.1) is 0 Å². The third-order valence-corrected chi connectivity index (χ3v) is 2.44. The van der Waals surface area contributed by atoms with Gasteiger partial charge in [0, 0.05) is 12.4 Å². The standard InChI is InChI=1S/C8H10.C5H5N.C5H6.5C2H6/c1-7-3-5-8(2)6-4-7;1-2-4-6-5-3-1;1-2-4-5-3-1;5*1-2/h3-6H,1-2H3;1-5H;1-4H,5H2;5*1-2H3. The number of nitrogens with zero attached hydrogens (tertiary/aromatic N) is 1. The first-order valence-electron chi connectivity index (χ1n) is 11.5. The Morgan fingerprint density at radius 1 is 0.517 bits per heavy atom. The Balaban J connectivity index is -0.0000000828. The van der Waals surface area contributed by atoms with Gasteiger partial charge in [0.1, 0.15) is 0 Å². The molecule has 1 aromatic heterocycles. The minimum absolute atomic E-state index is 1.14. The third kappa shape index (κ3) is 41.4. The summed E-state index contributed by atoms with van der Waals surface area (Å²) >= 11 is 0. The van der Waals surface area contributed by atoms with E-state index in [0.29, 0.717) is 0 Å². The van der Waals surface area contributed by atoms with Crippen LogP contribution < -0.4 is 0 Å². The van der Waals surface area contributed by atoms with E-state index >= 15 is 0 Å². The van der Waals surface area contributed by atoms with Crippen molar-refractivity contribution in [2.45, 2.75) is 89.5 Å². The number of hydrogen-bond donors (Lipinski definition) is 0. The Labute approximate surface area is 185 Å². The van der Waals surface area contributed by atoms with Gasteiger partial charge in [-0.2, -0.15) is 0 Å². The first-order valence-corrected chi connectivity index (χ1v) is 11.5. The molecular weight excluding hydrogens is 350 g/mol. The molecule has 29 heavy (non-hydrogen) atoms. The number of allylic oxidation sites excluding steroid dienone is 4. The predicted octanol–water partition coefficient (Wildman–Crippen LogP) is 10.0. The fourth-order valence-corrected chi connectivity index (χ4v) is 1.34. The molecule has 0 aliphatic heterocycles. The molecule has 0 spiro atoms. The van der Waals surface area contributed by atoms with E-state index in [2.05, 4.69) is 67.4 Å². The molecule has 1 heterocycles. The highest BCUT2D eigenvalue weighted by atomic mass is 14.6. The van der Waals surface area contributed by atoms with Gasteiger partial charge in [-0.05, 0) is 32.4 Å². The summed E-state index contributed by atoms with van der Waals surface area (Å²) in [5.74, 6) is 0. The summed E-state index contributed by atoms with van der Waals surface area (Å²) in [6, 6.07) is 14.2. The molecule has 0 fully saturated rings. The number of aromatic nitrogens is 1. The molecule has 3 rings (SSSR count). The van der Waals surface area contributed by atoms with Gasteiger partial charge in [-0.3, -0.25) is 4.98 Å². The summed E-state index contributed by atoms with van der Waals surface area (Å²) in [5.41, 5.74) is 2.66. The highest BCUT2D eigenvalue weighted by molar-refractivity contribution is 5.19. The Hall–Kier alpha value is -2.15. The van der Waals surface area contributed by atoms with E-state index in [1.54, 1.807) is 12.4 Å². The smallest absolute Gasteiger partial charge is 0.0267 e. The van der Waals surface area contributed by atoms with Gasteiger partial charge in [0.15, 0.2) is 0 Å². The summed E-state index contributed by atoms with van der Waals surface area (Å²) < 4.78 is 0. The van der Waals surface area contributed by atoms with Crippen LogP contribution in [0.4, 0.5) is 0 Å². The average molecular weight is 402 g/mol. The second-order valence-electron chi connectivity index (χ2n) is 4.27. The van der Waals surface area contributed by atoms with Crippen LogP contribution >= 0.6 is 0 Å². The molecule has 0 N–H and O–H groups in total. The van der Waals surface area contributed by atoms with Crippen LogP contribution in [0.15, 0.2) is 79.2 Å². The molecule has 0 bridgehead atoms. The average Bonchev–Trinajstić information content (AvgIpc) is 3.44. The summed E-state index contributed by atoms with van der Waals surface area (Å²) in [5, 5.41) is 0. The molecule has 0 amide bonds. The number of pyridine rings is 1. The topological polar surface area (TPSA) is 12.9 Å². The van der Waals surface area contributed by atoms with Crippen molar-refractivity contribution in [3.8, 4) is 0 Å². The zero-order chi connectivity index (χ0) is 23.8. The quantitative estimate of drug-likeness (QED) is 0.428. The SMILES string of the molecule is C1=CCC=C1.CC.CC.CC.CC.CC.Cc1ccc(C)cc1.c1ccncc1. The summed E-state index contributed by atoms with van der Waals surface area (Å²) in [4.78, 5) is 3.78. The van der Waals surface area contributed by atoms with Gasteiger partial charge in [0.2, 0.25) is 0 Å². The molecule has 1 heteroatoms. The summed E-state index contributed by atoms with van der Waals surface area (Å²) in [6.45, 7) is 24.2. The monoisotopic (exact) mass is 401 g/mol. The third-order valence-electron chi connectivity index (χ3n) is 2.44. The number of hydrogen-bond acceptors (Lipinski definition) is 1. The minimum Gasteiger partial charge on any atom is -0.265 e. The van der Waals surface area contributed by atoms with Gasteiger partial charge in [-0.25, -0.2) is 0 Å². The van der Waals surface area contributed by atoms with Gasteiger partial charge < -0.3 is 0 Å². The van der Waals surface area contributed by atoms with Gasteiger partial charge >= 0.3 is 0 Å². The molecule has 1 aromatic carbocycles. The summed E-state index contributed by atoms with van der Waals surface area (Å²) in [6.07, 6.45) is 13.0. The van der Waals surface area contributed by atoms with Crippen molar-refractivity contribution in [3.63, 3.8) is 0 Å². The lowest BCUT2D eigenvalue weighted by atomic mass is 10.2. The Morgan fingerprint density at radius 3 is 0.966 bits per heavy atom. The molecule has 2 aromatic rings. The maximum atomic E-state index is 3.78. The van der Waals surface area contributed by atoms with Crippen molar-refractivity contribution in [1.29, 1.82) is 0 Å². The minimum atomic E-state index is 1.14. The van der Waals surface area contributed by atoms with Gasteiger partial charge in [-0.1, -0.05) is 135 Å². The van der Waals surface area contributed by atoms with Crippen molar-refractivity contribution < 1.29 is 0 Å². The molecule has 0 atom stereocenters. The van der Waals surface area contributed by atoms with Gasteiger partial charge in [0.05, 0.1) is 0 Å². The number of benzene rings is 1. The Morgan fingerprint density at radius 2 is 0.828 bits per heavy atom. The highest BCUT2D eigenvalue weighted by Crippen LogP contribution is 1.99. The number of rotatable bonds is 0. The molecule has 1 aliphatic rings. The predicted molar refractivity (Wildman–Crippen MR) is 140 cm³/mol. The maximum absolute atomic E-state index is 3.78. The van der Waals surface area contributed by atoms with Gasteiger partial charge in [0.25, 0.3) is 0 Å². The van der Waals surface area contributed by atoms with Crippen LogP contribution in [0.2, 0.25) is 0 Å². The van der Waals surface area contributed by atoms with Crippen LogP contribution in [-0.2, 0) is 0 Å². The van der Waals surface area contributed by atoms with Crippen LogP contribution in [0.3, 0.4) is 0 Å². The van der Waals surface area contributed by atoms with Crippen molar-refractivity contribution in [3.05, 3.63) is 90.3 Å². The molecular formula is C28H51N. The summed E-state index contributed by atoms with van der Waals surface area (Å²) in [7, 11) is 0. The first-order chi connectivity index (χ1) is 14.3. The van der Waals surface area contributed by atoms with Crippen molar-refractivity contribution in [2.75, 3.05) is 0 Å². The second kappa shape index (κ2) is 44.9. The van der Waals surface area contributed by atoms with E-state index in [4.69, 9.17) is 0 Å². The highest BCUT2D eigenvalue weighted by Gasteiger charge is 1.79. The normalized spacial score (nSPS) is 8.28. The fraction of sp³-hybridized carbons (Fsp3) is 0.464. The molecule has 0 unspecified atom stereocenters. The van der Waals surface area contributed by atoms with E-state index in [9.17, 15) is 0 Å². The molecule has 0 saturated heterocycles. The molecule has 0 saturated carbocycles. The van der Waals surface area contributed by atoms with Crippen LogP contribution in [0.25, 0.3) is 0 Å². The van der Waals surface area contributed by atoms with E-state index in [0.717, 1.165) is 6.42 Å². The largest absolute Gasteiger partial charge is 0.265 e. The van der Waals surface area contributed by atoms with Crippen molar-refractivity contribution >= 4 is 0 Å². The fourth-order valence-electron chi connectivity index (χ4n) is 1.34. The number of aryl methyl sites for hydroxylation is 2. The van der Waals surface area contributed by atoms with Crippen molar-refractivity contribution in [2.24, 2.45) is 0 Å². The van der Waals surface area contributed by atoms with Crippen LogP contribution in [0, 0.1) is 13.8 Å². The lowest BCUT2D eigenvalue weighted by molar-refractivity contribution is 1.33. The lowest BCUT2D eigenvalue weighted by Gasteiger charge is -1.90. The van der Waals surface area contributed by atoms with Crippen molar-refractivity contribution in [1.82, 2.24) is 4.98 Å². The lowest BCUT2D eigenvalue weighted by Crippen LogP contribution is -1.70. The molecule has 1 nitrogen and oxygen atoms in total. The Kier molecular flexibility index (Phi) is 58.2. The van der Waals surface area contributed by atoms with E-state index < -0.39 is 0 Å². The molecule has 168 valence electrons. The van der Waals surface area contributed by atoms with Crippen LogP contribution in [0.5, 0.6) is 0 Å². The molecule has 1 aliphatic carbocycles.